The second kappa shape index (κ2) is 11.9. The number of fused-ring (bicyclic) bond motifs is 1. The fourth-order valence-corrected chi connectivity index (χ4v) is 6.27. The van der Waals surface area contributed by atoms with E-state index in [1.54, 1.807) is 18.2 Å². The second-order valence-electron chi connectivity index (χ2n) is 9.62. The number of sulfonamides is 1. The number of aromatic nitrogens is 2. The van der Waals surface area contributed by atoms with Crippen LogP contribution in [0.4, 0.5) is 26.0 Å². The smallest absolute Gasteiger partial charge is 0.258 e. The molecule has 3 aromatic rings. The highest BCUT2D eigenvalue weighted by molar-refractivity contribution is 7.89. The standard InChI is InChI=1S/C26H30F2N6O5S/c27-16-11-17(28)13-20(12-16)40(37,38)34-7-3-23-22(15-34)25(33-32-23)31-26(36)21-2-1-19(29-6-8-35)14-24(21)30-18-4-9-39-10-5-18/h1-2,11-14,18,29-30,35H,3-10,15H2,(H2,31,32,33,36). The molecule has 1 fully saturated rings. The summed E-state index contributed by atoms with van der Waals surface area (Å²) in [6, 6.07) is 7.45. The maximum absolute atomic E-state index is 13.7. The monoisotopic (exact) mass is 576 g/mol. The number of halogens is 2. The lowest BCUT2D eigenvalue weighted by atomic mass is 10.1. The number of amides is 1. The summed E-state index contributed by atoms with van der Waals surface area (Å²) in [6.45, 7) is 1.47. The largest absolute Gasteiger partial charge is 0.395 e. The Kier molecular flexibility index (Phi) is 8.30. The quantitative estimate of drug-likeness (QED) is 0.261. The van der Waals surface area contributed by atoms with E-state index in [9.17, 15) is 22.0 Å². The molecule has 2 aliphatic heterocycles. The Morgan fingerprint density at radius 2 is 1.90 bits per heavy atom. The molecule has 14 heteroatoms. The molecule has 0 spiro atoms. The Hall–Kier alpha value is -3.59. The number of hydrogen-bond donors (Lipinski definition) is 5. The van der Waals surface area contributed by atoms with Gasteiger partial charge < -0.3 is 25.8 Å². The molecule has 0 radical (unpaired) electrons. The van der Waals surface area contributed by atoms with Crippen LogP contribution in [0.2, 0.25) is 0 Å². The highest BCUT2D eigenvalue weighted by Gasteiger charge is 2.32. The lowest BCUT2D eigenvalue weighted by molar-refractivity contribution is 0.0904. The van der Waals surface area contributed by atoms with Crippen LogP contribution >= 0.6 is 0 Å². The van der Waals surface area contributed by atoms with Crippen molar-refractivity contribution in [1.82, 2.24) is 14.5 Å². The first kappa shape index (κ1) is 28.0. The maximum Gasteiger partial charge on any atom is 0.258 e. The number of rotatable bonds is 9. The molecule has 0 bridgehead atoms. The van der Waals surface area contributed by atoms with E-state index in [0.29, 0.717) is 48.3 Å². The highest BCUT2D eigenvalue weighted by atomic mass is 32.2. The van der Waals surface area contributed by atoms with Crippen molar-refractivity contribution < 1.29 is 31.8 Å². The van der Waals surface area contributed by atoms with Crippen LogP contribution in [0.15, 0.2) is 41.3 Å². The number of aliphatic hydroxyl groups is 1. The molecule has 0 saturated carbocycles. The summed E-state index contributed by atoms with van der Waals surface area (Å²) >= 11 is 0. The van der Waals surface area contributed by atoms with E-state index in [0.717, 1.165) is 35.0 Å². The molecule has 0 aliphatic carbocycles. The van der Waals surface area contributed by atoms with Crippen molar-refractivity contribution in [1.29, 1.82) is 0 Å². The van der Waals surface area contributed by atoms with Gasteiger partial charge in [0.25, 0.3) is 5.91 Å². The van der Waals surface area contributed by atoms with E-state index < -0.39 is 32.5 Å². The number of nitrogens with zero attached hydrogens (tertiary/aromatic N) is 2. The Balaban J connectivity index is 1.37. The number of carbonyl (C=O) groups is 1. The molecule has 1 saturated heterocycles. The van der Waals surface area contributed by atoms with E-state index in [4.69, 9.17) is 9.84 Å². The zero-order valence-electron chi connectivity index (χ0n) is 21.5. The molecule has 11 nitrogen and oxygen atoms in total. The minimum Gasteiger partial charge on any atom is -0.395 e. The third-order valence-corrected chi connectivity index (χ3v) is 8.71. The number of carbonyl (C=O) groups excluding carboxylic acids is 1. The fourth-order valence-electron chi connectivity index (χ4n) is 4.81. The van der Waals surface area contributed by atoms with Gasteiger partial charge >= 0.3 is 0 Å². The number of anilines is 3. The van der Waals surface area contributed by atoms with Gasteiger partial charge in [-0.25, -0.2) is 17.2 Å². The fraction of sp³-hybridized carbons (Fsp3) is 0.385. The summed E-state index contributed by atoms with van der Waals surface area (Å²) < 4.78 is 60.3. The minimum absolute atomic E-state index is 0.0455. The predicted octanol–water partition coefficient (Wildman–Crippen LogP) is 2.68. The van der Waals surface area contributed by atoms with Crippen LogP contribution in [0.25, 0.3) is 0 Å². The average molecular weight is 577 g/mol. The first-order chi connectivity index (χ1) is 19.2. The molecule has 1 amide bonds. The van der Waals surface area contributed by atoms with E-state index in [-0.39, 0.29) is 38.0 Å². The number of ether oxygens (including phenoxy) is 1. The number of nitrogens with one attached hydrogen (secondary N) is 4. The molecule has 0 unspecified atom stereocenters. The molecule has 2 aromatic carbocycles. The second-order valence-corrected chi connectivity index (χ2v) is 11.6. The van der Waals surface area contributed by atoms with Gasteiger partial charge in [0.15, 0.2) is 5.82 Å². The van der Waals surface area contributed by atoms with Crippen LogP contribution in [-0.4, -0.2) is 72.9 Å². The van der Waals surface area contributed by atoms with Gasteiger partial charge in [0.2, 0.25) is 10.0 Å². The number of aliphatic hydroxyl groups excluding tert-OH is 1. The number of hydrogen-bond acceptors (Lipinski definition) is 8. The van der Waals surface area contributed by atoms with E-state index in [1.807, 2.05) is 0 Å². The van der Waals surface area contributed by atoms with E-state index in [2.05, 4.69) is 26.1 Å². The van der Waals surface area contributed by atoms with Crippen LogP contribution in [-0.2, 0) is 27.7 Å². The Morgan fingerprint density at radius 1 is 1.15 bits per heavy atom. The van der Waals surface area contributed by atoms with Gasteiger partial charge in [-0.05, 0) is 43.2 Å². The zero-order chi connectivity index (χ0) is 28.3. The van der Waals surface area contributed by atoms with E-state index >= 15 is 0 Å². The summed E-state index contributed by atoms with van der Waals surface area (Å²) in [5.41, 5.74) is 2.81. The van der Waals surface area contributed by atoms with Crippen molar-refractivity contribution in [3.63, 3.8) is 0 Å². The van der Waals surface area contributed by atoms with Gasteiger partial charge in [-0.2, -0.15) is 9.40 Å². The van der Waals surface area contributed by atoms with Crippen LogP contribution in [0, 0.1) is 11.6 Å². The summed E-state index contributed by atoms with van der Waals surface area (Å²) in [6.07, 6.45) is 1.83. The molecule has 1 aromatic heterocycles. The molecular formula is C26H30F2N6O5S. The van der Waals surface area contributed by atoms with Crippen molar-refractivity contribution in [2.45, 2.75) is 36.7 Å². The first-order valence-corrected chi connectivity index (χ1v) is 14.4. The van der Waals surface area contributed by atoms with Crippen LogP contribution in [0.5, 0.6) is 0 Å². The molecule has 5 rings (SSSR count). The predicted molar refractivity (Wildman–Crippen MR) is 144 cm³/mol. The van der Waals surface area contributed by atoms with Gasteiger partial charge in [-0.1, -0.05) is 0 Å². The van der Waals surface area contributed by atoms with Crippen LogP contribution < -0.4 is 16.0 Å². The number of aromatic amines is 1. The topological polar surface area (TPSA) is 149 Å². The Labute approximate surface area is 230 Å². The summed E-state index contributed by atoms with van der Waals surface area (Å²) in [7, 11) is -4.21. The third-order valence-electron chi connectivity index (χ3n) is 6.89. The molecule has 2 aliphatic rings. The van der Waals surface area contributed by atoms with Crippen molar-refractivity contribution >= 4 is 33.1 Å². The number of H-pyrrole nitrogens is 1. The Morgan fingerprint density at radius 3 is 2.62 bits per heavy atom. The third kappa shape index (κ3) is 6.09. The zero-order valence-corrected chi connectivity index (χ0v) is 22.4. The van der Waals surface area contributed by atoms with Crippen LogP contribution in [0.1, 0.15) is 34.5 Å². The first-order valence-electron chi connectivity index (χ1n) is 12.9. The summed E-state index contributed by atoms with van der Waals surface area (Å²) in [5.74, 6) is -2.26. The van der Waals surface area contributed by atoms with Gasteiger partial charge in [0, 0.05) is 74.0 Å². The number of benzene rings is 2. The van der Waals surface area contributed by atoms with Gasteiger partial charge in [-0.15, -0.1) is 0 Å². The lowest BCUT2D eigenvalue weighted by Gasteiger charge is -2.27. The van der Waals surface area contributed by atoms with Gasteiger partial charge in [-0.3, -0.25) is 9.89 Å². The lowest BCUT2D eigenvalue weighted by Crippen LogP contribution is -2.36. The molecule has 3 heterocycles. The van der Waals surface area contributed by atoms with Gasteiger partial charge in [0.05, 0.1) is 17.1 Å². The average Bonchev–Trinajstić information content (AvgIpc) is 3.34. The Bertz CT molecular complexity index is 1470. The minimum atomic E-state index is -4.21. The SMILES string of the molecule is O=C(Nc1n[nH]c2c1CN(S(=O)(=O)c1cc(F)cc(F)c1)CC2)c1ccc(NCCO)cc1NC1CCOCC1. The maximum atomic E-state index is 13.7. The molecule has 40 heavy (non-hydrogen) atoms. The van der Waals surface area contributed by atoms with Crippen molar-refractivity contribution in [2.24, 2.45) is 0 Å². The van der Waals surface area contributed by atoms with E-state index in [1.165, 1.54) is 0 Å². The molecule has 0 atom stereocenters. The summed E-state index contributed by atoms with van der Waals surface area (Å²) in [4.78, 5) is 13.0. The highest BCUT2D eigenvalue weighted by Crippen LogP contribution is 2.30. The van der Waals surface area contributed by atoms with Crippen molar-refractivity contribution in [3.8, 4) is 0 Å². The van der Waals surface area contributed by atoms with Gasteiger partial charge in [0.1, 0.15) is 11.6 Å². The molecule has 5 N–H and O–H groups in total. The summed E-state index contributed by atoms with van der Waals surface area (Å²) in [5, 5.41) is 25.5. The van der Waals surface area contributed by atoms with Crippen LogP contribution in [0.3, 0.4) is 0 Å². The molecule has 214 valence electrons. The normalized spacial score (nSPS) is 16.4. The van der Waals surface area contributed by atoms with Crippen molar-refractivity contribution in [3.05, 3.63) is 64.9 Å². The molecular weight excluding hydrogens is 546 g/mol. The van der Waals surface area contributed by atoms with Crippen molar-refractivity contribution in [2.75, 3.05) is 48.9 Å².